The van der Waals surface area contributed by atoms with Gasteiger partial charge in [0.05, 0.1) is 23.8 Å². The van der Waals surface area contributed by atoms with Gasteiger partial charge in [0, 0.05) is 61.6 Å². The van der Waals surface area contributed by atoms with E-state index in [1.54, 1.807) is 10.9 Å². The summed E-state index contributed by atoms with van der Waals surface area (Å²) < 4.78 is 42.1. The lowest BCUT2D eigenvalue weighted by molar-refractivity contribution is -0.138. The van der Waals surface area contributed by atoms with Crippen LogP contribution in [0.5, 0.6) is 0 Å². The van der Waals surface area contributed by atoms with E-state index in [1.807, 2.05) is 31.3 Å². The third-order valence-corrected chi connectivity index (χ3v) is 8.44. The Bertz CT molecular complexity index is 1400. The van der Waals surface area contributed by atoms with E-state index in [0.29, 0.717) is 5.52 Å². The number of halogens is 4. The Hall–Kier alpha value is -2.57. The number of aliphatic hydroxyl groups excluding tert-OH is 1. The molecule has 3 aromatic rings. The molecule has 208 valence electrons. The number of alkyl halides is 3. The minimum atomic E-state index is -4.51. The highest BCUT2D eigenvalue weighted by Crippen LogP contribution is 2.35. The average Bonchev–Trinajstić information content (AvgIpc) is 3.46. The van der Waals surface area contributed by atoms with Gasteiger partial charge in [-0.2, -0.15) is 18.3 Å². The van der Waals surface area contributed by atoms with Crippen LogP contribution in [0.4, 0.5) is 13.2 Å². The van der Waals surface area contributed by atoms with Crippen LogP contribution in [0.1, 0.15) is 16.7 Å². The fourth-order valence-electron chi connectivity index (χ4n) is 4.69. The van der Waals surface area contributed by atoms with E-state index < -0.39 is 18.0 Å². The van der Waals surface area contributed by atoms with Crippen molar-refractivity contribution in [2.24, 2.45) is 4.99 Å². The molecule has 2 aliphatic heterocycles. The van der Waals surface area contributed by atoms with E-state index in [-0.39, 0.29) is 17.1 Å². The maximum atomic E-state index is 13.5. The Morgan fingerprint density at radius 3 is 2.67 bits per heavy atom. The third-order valence-electron chi connectivity index (χ3n) is 7.04. The molecular weight excluding hydrogens is 549 g/mol. The summed E-state index contributed by atoms with van der Waals surface area (Å²) in [6.07, 6.45) is -1.92. The lowest BCUT2D eigenvalue weighted by Crippen LogP contribution is -2.46. The highest BCUT2D eigenvalue weighted by atomic mass is 35.5. The molecular formula is C27H30ClF3N6OS. The summed E-state index contributed by atoms with van der Waals surface area (Å²) in [5, 5.41) is 16.5. The van der Waals surface area contributed by atoms with Gasteiger partial charge < -0.3 is 14.9 Å². The van der Waals surface area contributed by atoms with E-state index in [0.717, 1.165) is 66.4 Å². The molecule has 39 heavy (non-hydrogen) atoms. The smallest absolute Gasteiger partial charge is 0.367 e. The molecule has 0 bridgehead atoms. The van der Waals surface area contributed by atoms with Gasteiger partial charge in [0.1, 0.15) is 0 Å². The van der Waals surface area contributed by atoms with Crippen molar-refractivity contribution in [3.05, 3.63) is 69.2 Å². The summed E-state index contributed by atoms with van der Waals surface area (Å²) in [4.78, 5) is 12.0. The molecule has 1 N–H and O–H groups in total. The van der Waals surface area contributed by atoms with Crippen molar-refractivity contribution < 1.29 is 18.3 Å². The van der Waals surface area contributed by atoms with Crippen LogP contribution in [0.2, 0.25) is 5.02 Å². The van der Waals surface area contributed by atoms with Crippen LogP contribution < -0.4 is 0 Å². The number of rotatable bonds is 6. The van der Waals surface area contributed by atoms with Crippen LogP contribution in [0.3, 0.4) is 0 Å². The number of likely N-dealkylation sites (N-methyl/N-ethyl adjacent to an activating group) is 2. The number of nitrogens with zero attached hydrogens (tertiary/aromatic N) is 6. The normalized spacial score (nSPS) is 20.2. The topological polar surface area (TPSA) is 60.1 Å². The summed E-state index contributed by atoms with van der Waals surface area (Å²) in [5.41, 5.74) is 0.884. The number of piperazine rings is 1. The molecule has 2 aromatic carbocycles. The molecule has 5 rings (SSSR count). The summed E-state index contributed by atoms with van der Waals surface area (Å²) in [5.74, 6) is 0. The molecule has 12 heteroatoms. The lowest BCUT2D eigenvalue weighted by atomic mass is 10.1. The monoisotopic (exact) mass is 578 g/mol. The zero-order valence-corrected chi connectivity index (χ0v) is 23.3. The quantitative estimate of drug-likeness (QED) is 0.458. The molecule has 0 radical (unpaired) electrons. The van der Waals surface area contributed by atoms with Gasteiger partial charge in [-0.3, -0.25) is 9.58 Å². The molecule has 1 fully saturated rings. The molecule has 0 spiro atoms. The van der Waals surface area contributed by atoms with Gasteiger partial charge in [0.2, 0.25) is 0 Å². The number of benzene rings is 2. The van der Waals surface area contributed by atoms with Crippen LogP contribution in [-0.4, -0.2) is 94.3 Å². The van der Waals surface area contributed by atoms with E-state index in [2.05, 4.69) is 31.8 Å². The van der Waals surface area contributed by atoms with Crippen LogP contribution in [0.25, 0.3) is 17.0 Å². The third kappa shape index (κ3) is 6.60. The zero-order valence-electron chi connectivity index (χ0n) is 21.7. The fourth-order valence-corrected chi connectivity index (χ4v) is 5.82. The average molecular weight is 579 g/mol. The molecule has 0 amide bonds. The van der Waals surface area contributed by atoms with Crippen molar-refractivity contribution in [3.8, 4) is 0 Å². The van der Waals surface area contributed by atoms with Crippen LogP contribution in [0.15, 0.2) is 52.5 Å². The van der Waals surface area contributed by atoms with Gasteiger partial charge in [-0.1, -0.05) is 35.5 Å². The molecule has 0 saturated carbocycles. The van der Waals surface area contributed by atoms with Gasteiger partial charge in [0.25, 0.3) is 0 Å². The van der Waals surface area contributed by atoms with Gasteiger partial charge in [-0.25, -0.2) is 4.99 Å². The Morgan fingerprint density at radius 2 is 1.92 bits per heavy atom. The Labute approximate surface area is 234 Å². The number of amidine groups is 1. The van der Waals surface area contributed by atoms with Crippen molar-refractivity contribution in [2.45, 2.75) is 18.9 Å². The molecule has 0 aliphatic carbocycles. The number of thioether (sulfide) groups is 1. The van der Waals surface area contributed by atoms with E-state index >= 15 is 0 Å². The molecule has 7 nitrogen and oxygen atoms in total. The first-order chi connectivity index (χ1) is 18.6. The minimum Gasteiger partial charge on any atom is -0.367 e. The molecule has 1 atom stereocenters. The zero-order chi connectivity index (χ0) is 27.7. The van der Waals surface area contributed by atoms with Crippen LogP contribution in [-0.2, 0) is 12.7 Å². The molecule has 2 aliphatic rings. The second kappa shape index (κ2) is 11.5. The first kappa shape index (κ1) is 28.0. The van der Waals surface area contributed by atoms with Crippen molar-refractivity contribution in [3.63, 3.8) is 0 Å². The van der Waals surface area contributed by atoms with Crippen LogP contribution >= 0.6 is 23.4 Å². The Kier molecular flexibility index (Phi) is 8.25. The highest BCUT2D eigenvalue weighted by molar-refractivity contribution is 8.17. The van der Waals surface area contributed by atoms with Crippen LogP contribution in [0, 0.1) is 0 Å². The second-order valence-electron chi connectivity index (χ2n) is 9.92. The van der Waals surface area contributed by atoms with Gasteiger partial charge >= 0.3 is 6.18 Å². The molecule has 1 saturated heterocycles. The summed E-state index contributed by atoms with van der Waals surface area (Å²) in [6, 6.07) is 9.37. The largest absolute Gasteiger partial charge is 0.416 e. The highest BCUT2D eigenvalue weighted by Gasteiger charge is 2.33. The molecule has 1 aromatic heterocycles. The van der Waals surface area contributed by atoms with Crippen molar-refractivity contribution in [2.75, 3.05) is 53.4 Å². The second-order valence-corrected chi connectivity index (χ2v) is 11.4. The van der Waals surface area contributed by atoms with Gasteiger partial charge in [-0.05, 0) is 48.5 Å². The number of fused-ring (bicyclic) bond motifs is 1. The predicted octanol–water partition coefficient (Wildman–Crippen LogP) is 4.70. The Balaban J connectivity index is 1.26. The van der Waals surface area contributed by atoms with E-state index in [4.69, 9.17) is 11.6 Å². The molecule has 1 unspecified atom stereocenters. The first-order valence-corrected chi connectivity index (χ1v) is 13.8. The number of aliphatic hydroxyl groups is 1. The summed E-state index contributed by atoms with van der Waals surface area (Å²) >= 11 is 7.26. The summed E-state index contributed by atoms with van der Waals surface area (Å²) in [7, 11) is 4.13. The lowest BCUT2D eigenvalue weighted by Gasteiger charge is -2.33. The number of hydrogen-bond acceptors (Lipinski definition) is 7. The number of aromatic nitrogens is 2. The van der Waals surface area contributed by atoms with Crippen molar-refractivity contribution in [1.29, 1.82) is 0 Å². The summed E-state index contributed by atoms with van der Waals surface area (Å²) in [6.45, 7) is 5.99. The number of hydrogen-bond donors (Lipinski definition) is 1. The minimum absolute atomic E-state index is 0.0365. The van der Waals surface area contributed by atoms with Gasteiger partial charge in [-0.15, -0.1) is 0 Å². The SMILES string of the molecule is CN1CCN(CCN(C)C2=NC(O)C(=Cc3ccc4c(cnn4Cc4ccc(Cl)cc4C(F)(F)F)c3)S2)CC1. The molecule has 3 heterocycles. The van der Waals surface area contributed by atoms with Gasteiger partial charge in [0.15, 0.2) is 11.4 Å². The fraction of sp³-hybridized carbons (Fsp3) is 0.407. The predicted molar refractivity (Wildman–Crippen MR) is 151 cm³/mol. The number of aliphatic imine (C=N–C) groups is 1. The standard InChI is InChI=1S/C27H30ClF3N6OS/c1-34-7-10-36(11-8-34)12-9-35(2)26-33-25(38)24(39-26)14-18-3-6-23-20(13-18)16-32-37(23)17-19-4-5-21(28)15-22(19)27(29,30)31/h3-6,13-16,25,38H,7-12,17H2,1-2H3. The maximum Gasteiger partial charge on any atom is 0.416 e. The van der Waals surface area contributed by atoms with Crippen molar-refractivity contribution in [1.82, 2.24) is 24.5 Å². The van der Waals surface area contributed by atoms with Crippen molar-refractivity contribution >= 4 is 45.5 Å². The van der Waals surface area contributed by atoms with E-state index in [1.165, 1.54) is 23.9 Å². The Morgan fingerprint density at radius 1 is 1.15 bits per heavy atom. The van der Waals surface area contributed by atoms with E-state index in [9.17, 15) is 18.3 Å². The first-order valence-electron chi connectivity index (χ1n) is 12.7. The maximum absolute atomic E-state index is 13.5.